The van der Waals surface area contributed by atoms with Crippen molar-refractivity contribution in [2.75, 3.05) is 26.7 Å². The van der Waals surface area contributed by atoms with Gasteiger partial charge in [-0.25, -0.2) is 0 Å². The van der Waals surface area contributed by atoms with Gasteiger partial charge in [-0.2, -0.15) is 0 Å². The zero-order valence-corrected chi connectivity index (χ0v) is 12.4. The third-order valence-corrected chi connectivity index (χ3v) is 3.40. The Hall–Kier alpha value is -1.12. The van der Waals surface area contributed by atoms with E-state index < -0.39 is 0 Å². The van der Waals surface area contributed by atoms with Gasteiger partial charge in [0.2, 0.25) is 0 Å². The molecule has 0 aliphatic carbocycles. The largest absolute Gasteiger partial charge is 0.315 e. The average Bonchev–Trinajstić information content (AvgIpc) is 2.45. The maximum absolute atomic E-state index is 3.79. The molecule has 0 bridgehead atoms. The number of nitrogens with zero attached hydrogens (tertiary/aromatic N) is 1. The summed E-state index contributed by atoms with van der Waals surface area (Å²) >= 11 is 0. The first-order valence-corrected chi connectivity index (χ1v) is 7.36. The van der Waals surface area contributed by atoms with Crippen molar-refractivity contribution >= 4 is 0 Å². The van der Waals surface area contributed by atoms with Crippen molar-refractivity contribution in [3.05, 3.63) is 48.6 Å². The van der Waals surface area contributed by atoms with E-state index in [4.69, 9.17) is 0 Å². The number of hydrogen-bond acceptors (Lipinski definition) is 2. The molecule has 1 aromatic carbocycles. The van der Waals surface area contributed by atoms with Gasteiger partial charge in [0, 0.05) is 12.6 Å². The highest BCUT2D eigenvalue weighted by molar-refractivity contribution is 5.19. The van der Waals surface area contributed by atoms with E-state index in [0.717, 1.165) is 26.1 Å². The minimum absolute atomic E-state index is 0.456. The zero-order valence-electron chi connectivity index (χ0n) is 12.4. The zero-order chi connectivity index (χ0) is 13.9. The number of likely N-dealkylation sites (N-methyl/N-ethyl adjacent to an activating group) is 1. The summed E-state index contributed by atoms with van der Waals surface area (Å²) in [6, 6.07) is 11.2. The molecule has 0 saturated heterocycles. The van der Waals surface area contributed by atoms with Crippen LogP contribution in [0, 0.1) is 0 Å². The molecule has 1 rings (SSSR count). The third-order valence-electron chi connectivity index (χ3n) is 3.40. The number of allylic oxidation sites excluding steroid dienone is 1. The molecule has 0 heterocycles. The Morgan fingerprint density at radius 1 is 1.32 bits per heavy atom. The molecule has 0 aliphatic heterocycles. The van der Waals surface area contributed by atoms with E-state index >= 15 is 0 Å². The molecule has 0 fully saturated rings. The van der Waals surface area contributed by atoms with Crippen LogP contribution in [0.2, 0.25) is 0 Å². The summed E-state index contributed by atoms with van der Waals surface area (Å²) in [6.07, 6.45) is 5.45. The average molecular weight is 260 g/mol. The lowest BCUT2D eigenvalue weighted by atomic mass is 10.1. The van der Waals surface area contributed by atoms with Crippen LogP contribution in [-0.4, -0.2) is 31.6 Å². The summed E-state index contributed by atoms with van der Waals surface area (Å²) in [7, 11) is 2.22. The molecule has 2 nitrogen and oxygen atoms in total. The Bertz CT molecular complexity index is 334. The Morgan fingerprint density at radius 2 is 2.05 bits per heavy atom. The molecule has 0 spiro atoms. The lowest BCUT2D eigenvalue weighted by Crippen LogP contribution is -2.34. The number of rotatable bonds is 10. The lowest BCUT2D eigenvalue weighted by Gasteiger charge is -2.29. The van der Waals surface area contributed by atoms with E-state index in [1.165, 1.54) is 18.4 Å². The van der Waals surface area contributed by atoms with Gasteiger partial charge in [0.1, 0.15) is 0 Å². The first-order valence-electron chi connectivity index (χ1n) is 7.36. The molecule has 106 valence electrons. The molecule has 0 amide bonds. The molecule has 1 atom stereocenters. The molecular formula is C17H28N2. The minimum atomic E-state index is 0.456. The van der Waals surface area contributed by atoms with Crippen LogP contribution < -0.4 is 5.32 Å². The number of nitrogens with one attached hydrogen (secondary N) is 1. The maximum atomic E-state index is 3.79. The molecule has 1 N–H and O–H groups in total. The van der Waals surface area contributed by atoms with Gasteiger partial charge in [-0.1, -0.05) is 43.3 Å². The van der Waals surface area contributed by atoms with Gasteiger partial charge >= 0.3 is 0 Å². The van der Waals surface area contributed by atoms with Gasteiger partial charge in [-0.3, -0.25) is 4.90 Å². The fraction of sp³-hybridized carbons (Fsp3) is 0.529. The first-order chi connectivity index (χ1) is 9.29. The molecular weight excluding hydrogens is 232 g/mol. The molecule has 1 aromatic rings. The van der Waals surface area contributed by atoms with Crippen LogP contribution in [0.4, 0.5) is 0 Å². The standard InChI is InChI=1S/C17H28N2/c1-4-6-10-14-19(3)17(15-18-13-5-2)16-11-8-7-9-12-16/h4,7-9,11-12,17-18H,1,5-6,10,13-15H2,2-3H3. The summed E-state index contributed by atoms with van der Waals surface area (Å²) < 4.78 is 0. The summed E-state index contributed by atoms with van der Waals surface area (Å²) in [5.74, 6) is 0. The Morgan fingerprint density at radius 3 is 2.68 bits per heavy atom. The van der Waals surface area contributed by atoms with Crippen molar-refractivity contribution in [2.45, 2.75) is 32.2 Å². The van der Waals surface area contributed by atoms with Crippen molar-refractivity contribution < 1.29 is 0 Å². The lowest BCUT2D eigenvalue weighted by molar-refractivity contribution is 0.236. The SMILES string of the molecule is C=CCCCN(C)C(CNCCC)c1ccccc1. The van der Waals surface area contributed by atoms with Gasteiger partial charge in [0.15, 0.2) is 0 Å². The quantitative estimate of drug-likeness (QED) is 0.510. The maximum Gasteiger partial charge on any atom is 0.0469 e. The van der Waals surface area contributed by atoms with Gasteiger partial charge in [0.25, 0.3) is 0 Å². The number of hydrogen-bond donors (Lipinski definition) is 1. The molecule has 0 saturated carbocycles. The Kier molecular flexibility index (Phi) is 8.19. The van der Waals surface area contributed by atoms with Crippen LogP contribution in [0.3, 0.4) is 0 Å². The topological polar surface area (TPSA) is 15.3 Å². The van der Waals surface area contributed by atoms with Gasteiger partial charge in [-0.05, 0) is 45.0 Å². The molecule has 0 aromatic heterocycles. The summed E-state index contributed by atoms with van der Waals surface area (Å²) in [6.45, 7) is 9.21. The van der Waals surface area contributed by atoms with E-state index in [1.54, 1.807) is 0 Å². The van der Waals surface area contributed by atoms with Crippen molar-refractivity contribution in [3.63, 3.8) is 0 Å². The summed E-state index contributed by atoms with van der Waals surface area (Å²) in [4.78, 5) is 2.45. The monoisotopic (exact) mass is 260 g/mol. The van der Waals surface area contributed by atoms with Crippen LogP contribution in [-0.2, 0) is 0 Å². The molecule has 19 heavy (non-hydrogen) atoms. The molecule has 0 radical (unpaired) electrons. The van der Waals surface area contributed by atoms with Crippen LogP contribution in [0.15, 0.2) is 43.0 Å². The second kappa shape index (κ2) is 9.76. The fourth-order valence-corrected chi connectivity index (χ4v) is 2.26. The predicted octanol–water partition coefficient (Wildman–Crippen LogP) is 3.63. The van der Waals surface area contributed by atoms with E-state index in [0.29, 0.717) is 6.04 Å². The first kappa shape index (κ1) is 15.9. The number of unbranched alkanes of at least 4 members (excludes halogenated alkanes) is 1. The van der Waals surface area contributed by atoms with Crippen molar-refractivity contribution in [2.24, 2.45) is 0 Å². The third kappa shape index (κ3) is 6.04. The highest BCUT2D eigenvalue weighted by Gasteiger charge is 2.15. The van der Waals surface area contributed by atoms with E-state index in [9.17, 15) is 0 Å². The predicted molar refractivity (Wildman–Crippen MR) is 84.4 cm³/mol. The van der Waals surface area contributed by atoms with Crippen LogP contribution in [0.5, 0.6) is 0 Å². The smallest absolute Gasteiger partial charge is 0.0469 e. The Balaban J connectivity index is 2.60. The Labute approximate surface area is 118 Å². The van der Waals surface area contributed by atoms with Crippen molar-refractivity contribution in [3.8, 4) is 0 Å². The van der Waals surface area contributed by atoms with E-state index in [-0.39, 0.29) is 0 Å². The van der Waals surface area contributed by atoms with Gasteiger partial charge in [0.05, 0.1) is 0 Å². The highest BCUT2D eigenvalue weighted by atomic mass is 15.1. The van der Waals surface area contributed by atoms with Crippen LogP contribution in [0.1, 0.15) is 37.8 Å². The highest BCUT2D eigenvalue weighted by Crippen LogP contribution is 2.18. The van der Waals surface area contributed by atoms with Crippen molar-refractivity contribution in [1.82, 2.24) is 10.2 Å². The normalized spacial score (nSPS) is 12.6. The molecule has 2 heteroatoms. The van der Waals surface area contributed by atoms with Crippen molar-refractivity contribution in [1.29, 1.82) is 0 Å². The second-order valence-electron chi connectivity index (χ2n) is 5.04. The summed E-state index contributed by atoms with van der Waals surface area (Å²) in [5, 5.41) is 3.54. The summed E-state index contributed by atoms with van der Waals surface area (Å²) in [5.41, 5.74) is 1.40. The second-order valence-corrected chi connectivity index (χ2v) is 5.04. The van der Waals surface area contributed by atoms with E-state index in [1.807, 2.05) is 6.08 Å². The van der Waals surface area contributed by atoms with Crippen LogP contribution >= 0.6 is 0 Å². The minimum Gasteiger partial charge on any atom is -0.315 e. The van der Waals surface area contributed by atoms with Crippen LogP contribution in [0.25, 0.3) is 0 Å². The van der Waals surface area contributed by atoms with Gasteiger partial charge < -0.3 is 5.32 Å². The fourth-order valence-electron chi connectivity index (χ4n) is 2.26. The molecule has 0 aliphatic rings. The van der Waals surface area contributed by atoms with E-state index in [2.05, 4.69) is 61.1 Å². The van der Waals surface area contributed by atoms with Gasteiger partial charge in [-0.15, -0.1) is 6.58 Å². The number of benzene rings is 1. The molecule has 1 unspecified atom stereocenters.